The summed E-state index contributed by atoms with van der Waals surface area (Å²) in [7, 11) is 3.16. The van der Waals surface area contributed by atoms with Crippen molar-refractivity contribution in [1.29, 1.82) is 0 Å². The van der Waals surface area contributed by atoms with E-state index in [1.807, 2.05) is 149 Å². The Morgan fingerprint density at radius 1 is 0.494 bits per heavy atom. The second-order valence-corrected chi connectivity index (χ2v) is 25.3. The molecular weight excluding hydrogens is 979 g/mol. The number of nitrogens with zero attached hydrogens (tertiary/aromatic N) is 1. The standard InChI is InChI=1S/C13H20N2O.C11H24N2O.C10H17NO2.C10H20O3.C8H18N2O.C7H16N2O/c1-13(2,3)12(16)15-9-11-6-4-10(8-14)5-7-11;1-11(2,3)10(14)13-9-7-5-4-6-8-12;1-10(2,3)9(13)11-6-4-8(12)5-7-11;1-10(2,3)8(11)6-7-9(12-4)13-5;1-8(2,3)7(11)10-6-4-5-9;1-7(2,3)6(10)9-5-4-8/h4-7H,8-9,14H2,1-3H3,(H,15,16);4-9,12H2,1-3H3,(H,13,14);4-7H2,1-3H3;9H,6-7H2,1-5H3;4-6,9H2,1-3H3,(H,10,11);4-5,8H2,1-3H3,(H,9,10). The first-order chi connectivity index (χ1) is 35.2. The molecule has 5 amide bonds. The predicted molar refractivity (Wildman–Crippen MR) is 315 cm³/mol. The number of piperidine rings is 1. The van der Waals surface area contributed by atoms with Crippen molar-refractivity contribution in [3.63, 3.8) is 0 Å². The molecule has 1 heterocycles. The van der Waals surface area contributed by atoms with E-state index in [9.17, 15) is 33.6 Å². The SMILES string of the molecule is CC(C)(C)C(=O)N1CCC(=O)CC1.CC(C)(C)C(=O)NCCCCCCN.CC(C)(C)C(=O)NCCCN.CC(C)(C)C(=O)NCCN.CC(C)(C)C(=O)NCc1ccc(CN)cc1.COC(CCC(=O)C(C)(C)C)OC. The molecule has 77 heavy (non-hydrogen) atoms. The fraction of sp³-hybridized carbons (Fsp3) is 0.780. The van der Waals surface area contributed by atoms with Gasteiger partial charge in [0.25, 0.3) is 0 Å². The lowest BCUT2D eigenvalue weighted by molar-refractivity contribution is -0.142. The van der Waals surface area contributed by atoms with Gasteiger partial charge in [-0.15, -0.1) is 0 Å². The van der Waals surface area contributed by atoms with Crippen LogP contribution in [-0.4, -0.2) is 119 Å². The molecule has 0 aliphatic carbocycles. The van der Waals surface area contributed by atoms with Crippen LogP contribution in [-0.2, 0) is 56.1 Å². The predicted octanol–water partition coefficient (Wildman–Crippen LogP) is 7.31. The molecular formula is C59H115N9O9. The molecule has 0 radical (unpaired) electrons. The average molecular weight is 1090 g/mol. The number of rotatable bonds is 19. The van der Waals surface area contributed by atoms with Gasteiger partial charge in [-0.2, -0.15) is 0 Å². The Balaban J connectivity index is -0.000000418. The van der Waals surface area contributed by atoms with Crippen LogP contribution in [0.5, 0.6) is 0 Å². The lowest BCUT2D eigenvalue weighted by Crippen LogP contribution is -2.44. The van der Waals surface area contributed by atoms with E-state index in [2.05, 4.69) is 21.3 Å². The smallest absolute Gasteiger partial charge is 0.227 e. The summed E-state index contributed by atoms with van der Waals surface area (Å²) in [4.78, 5) is 81.3. The number of amides is 5. The zero-order chi connectivity index (χ0) is 60.9. The average Bonchev–Trinajstić information content (AvgIpc) is 3.33. The molecule has 1 saturated heterocycles. The first-order valence-electron chi connectivity index (χ1n) is 27.6. The normalized spacial score (nSPS) is 12.7. The van der Waals surface area contributed by atoms with E-state index in [4.69, 9.17) is 32.4 Å². The van der Waals surface area contributed by atoms with Gasteiger partial charge in [-0.05, 0) is 43.5 Å². The van der Waals surface area contributed by atoms with Crippen molar-refractivity contribution in [2.75, 3.05) is 66.6 Å². The van der Waals surface area contributed by atoms with Gasteiger partial charge in [0.15, 0.2) is 6.29 Å². The van der Waals surface area contributed by atoms with Crippen LogP contribution in [0.25, 0.3) is 0 Å². The molecule has 2 rings (SSSR count). The zero-order valence-corrected chi connectivity index (χ0v) is 52.3. The Morgan fingerprint density at radius 3 is 1.22 bits per heavy atom. The number of likely N-dealkylation sites (tertiary alicyclic amines) is 1. The summed E-state index contributed by atoms with van der Waals surface area (Å²) in [5, 5.41) is 11.3. The third-order valence-corrected chi connectivity index (χ3v) is 11.2. The summed E-state index contributed by atoms with van der Waals surface area (Å²) in [6.07, 6.45) is 7.26. The highest BCUT2D eigenvalue weighted by molar-refractivity contribution is 5.86. The van der Waals surface area contributed by atoms with Gasteiger partial charge >= 0.3 is 0 Å². The number of carbonyl (C=O) groups excluding carboxylic acids is 7. The molecule has 450 valence electrons. The van der Waals surface area contributed by atoms with E-state index in [-0.39, 0.29) is 79.9 Å². The van der Waals surface area contributed by atoms with Gasteiger partial charge in [-0.25, -0.2) is 0 Å². The van der Waals surface area contributed by atoms with Gasteiger partial charge in [0.05, 0.1) is 0 Å². The van der Waals surface area contributed by atoms with Gasteiger partial charge < -0.3 is 58.6 Å². The van der Waals surface area contributed by atoms with Gasteiger partial charge in [0.1, 0.15) is 11.6 Å². The second-order valence-electron chi connectivity index (χ2n) is 25.3. The van der Waals surface area contributed by atoms with Crippen molar-refractivity contribution in [3.8, 4) is 0 Å². The maximum absolute atomic E-state index is 11.7. The van der Waals surface area contributed by atoms with Crippen LogP contribution in [0.2, 0.25) is 0 Å². The number of ketones is 2. The number of carbonyl (C=O) groups is 7. The van der Waals surface area contributed by atoms with Crippen LogP contribution in [0, 0.1) is 32.5 Å². The van der Waals surface area contributed by atoms with E-state index >= 15 is 0 Å². The van der Waals surface area contributed by atoms with E-state index in [1.165, 1.54) is 6.42 Å². The largest absolute Gasteiger partial charge is 0.356 e. The molecule has 0 saturated carbocycles. The molecule has 0 spiro atoms. The highest BCUT2D eigenvalue weighted by Gasteiger charge is 2.30. The van der Waals surface area contributed by atoms with Crippen molar-refractivity contribution in [1.82, 2.24) is 26.2 Å². The van der Waals surface area contributed by atoms with Gasteiger partial charge in [0, 0.05) is 125 Å². The molecule has 0 aromatic heterocycles. The number of nitrogens with two attached hydrogens (primary N) is 4. The van der Waals surface area contributed by atoms with Crippen LogP contribution in [0.4, 0.5) is 0 Å². The first-order valence-corrected chi connectivity index (χ1v) is 27.6. The molecule has 12 N–H and O–H groups in total. The fourth-order valence-corrected chi connectivity index (χ4v) is 5.74. The highest BCUT2D eigenvalue weighted by atomic mass is 16.7. The van der Waals surface area contributed by atoms with Crippen LogP contribution in [0.15, 0.2) is 24.3 Å². The molecule has 0 atom stereocenters. The van der Waals surface area contributed by atoms with Gasteiger partial charge in [-0.1, -0.05) is 162 Å². The van der Waals surface area contributed by atoms with Crippen LogP contribution < -0.4 is 44.2 Å². The number of Topliss-reactive ketones (excluding diaryl/α,β-unsaturated/α-hetero) is 2. The minimum atomic E-state index is -0.336. The lowest BCUT2D eigenvalue weighted by Gasteiger charge is -2.31. The number of benzene rings is 1. The molecule has 0 bridgehead atoms. The Labute approximate surface area is 467 Å². The number of hydrogen-bond acceptors (Lipinski definition) is 13. The van der Waals surface area contributed by atoms with Crippen molar-refractivity contribution >= 4 is 41.1 Å². The Hall–Kier alpha value is -4.33. The minimum Gasteiger partial charge on any atom is -0.356 e. The monoisotopic (exact) mass is 1090 g/mol. The molecule has 1 aliphatic heterocycles. The summed E-state index contributed by atoms with van der Waals surface area (Å²) >= 11 is 0. The van der Waals surface area contributed by atoms with Crippen molar-refractivity contribution in [2.45, 2.75) is 202 Å². The van der Waals surface area contributed by atoms with Crippen LogP contribution in [0.1, 0.15) is 194 Å². The molecule has 0 unspecified atom stereocenters. The second kappa shape index (κ2) is 40.8. The fourth-order valence-electron chi connectivity index (χ4n) is 5.74. The van der Waals surface area contributed by atoms with Gasteiger partial charge in [0.2, 0.25) is 29.5 Å². The third kappa shape index (κ3) is 44.2. The quantitative estimate of drug-likeness (QED) is 0.0499. The van der Waals surface area contributed by atoms with E-state index in [0.29, 0.717) is 78.0 Å². The zero-order valence-electron chi connectivity index (χ0n) is 52.3. The summed E-state index contributed by atoms with van der Waals surface area (Å²) in [6.45, 7) is 40.6. The maximum atomic E-state index is 11.7. The topological polar surface area (TPSA) is 293 Å². The third-order valence-electron chi connectivity index (χ3n) is 11.2. The van der Waals surface area contributed by atoms with Crippen molar-refractivity contribution in [2.24, 2.45) is 55.4 Å². The van der Waals surface area contributed by atoms with E-state index < -0.39 is 0 Å². The van der Waals surface area contributed by atoms with E-state index in [1.54, 1.807) is 19.1 Å². The number of unbranched alkanes of at least 4 members (excludes halogenated alkanes) is 3. The van der Waals surface area contributed by atoms with Crippen molar-refractivity contribution in [3.05, 3.63) is 35.4 Å². The minimum absolute atomic E-state index is 0.0537. The Kier molecular flexibility index (Phi) is 41.9. The summed E-state index contributed by atoms with van der Waals surface area (Å²) in [6, 6.07) is 7.95. The number of ether oxygens (including phenoxy) is 2. The van der Waals surface area contributed by atoms with E-state index in [0.717, 1.165) is 49.9 Å². The first kappa shape index (κ1) is 79.2. The Bertz CT molecular complexity index is 1780. The molecule has 1 fully saturated rings. The molecule has 1 aromatic carbocycles. The number of nitrogens with one attached hydrogen (secondary N) is 4. The van der Waals surface area contributed by atoms with Gasteiger partial charge in [-0.3, -0.25) is 33.6 Å². The number of hydrogen-bond donors (Lipinski definition) is 8. The summed E-state index contributed by atoms with van der Waals surface area (Å²) < 4.78 is 9.98. The lowest BCUT2D eigenvalue weighted by atomic mass is 9.88. The summed E-state index contributed by atoms with van der Waals surface area (Å²) in [5.41, 5.74) is 21.8. The van der Waals surface area contributed by atoms with Crippen LogP contribution in [0.3, 0.4) is 0 Å². The Morgan fingerprint density at radius 2 is 0.870 bits per heavy atom. The highest BCUT2D eigenvalue weighted by Crippen LogP contribution is 2.21. The molecule has 1 aromatic rings. The maximum Gasteiger partial charge on any atom is 0.227 e. The van der Waals surface area contributed by atoms with Crippen molar-refractivity contribution < 1.29 is 43.0 Å². The molecule has 18 heteroatoms. The van der Waals surface area contributed by atoms with Crippen LogP contribution >= 0.6 is 0 Å². The molecule has 1 aliphatic rings. The molecule has 18 nitrogen and oxygen atoms in total. The summed E-state index contributed by atoms with van der Waals surface area (Å²) in [5.74, 6) is 1.01. The number of methoxy groups -OCH3 is 2.